The molecule has 2 aromatic carbocycles. The monoisotopic (exact) mass is 865 g/mol. The smallest absolute Gasteiger partial charge is 0.315 e. The summed E-state index contributed by atoms with van der Waals surface area (Å²) in [4.78, 5) is 36.4. The second-order valence-electron chi connectivity index (χ2n) is 15.6. The Bertz CT molecular complexity index is 1840. The number of nitrogens with zero attached hydrogens (tertiary/aromatic N) is 1. The lowest BCUT2D eigenvalue weighted by molar-refractivity contribution is -0.121. The third kappa shape index (κ3) is 14.5. The zero-order valence-electron chi connectivity index (χ0n) is 36.6. The van der Waals surface area contributed by atoms with Crippen LogP contribution in [0.4, 0.5) is 16.3 Å². The van der Waals surface area contributed by atoms with Crippen LogP contribution < -0.4 is 36.1 Å². The third-order valence-electron chi connectivity index (χ3n) is 11.2. The van der Waals surface area contributed by atoms with E-state index in [0.29, 0.717) is 93.7 Å². The van der Waals surface area contributed by atoms with Crippen molar-refractivity contribution in [1.82, 2.24) is 31.5 Å². The summed E-state index contributed by atoms with van der Waals surface area (Å²) in [6, 6.07) is 11.6. The molecule has 2 fully saturated rings. The quantitative estimate of drug-likeness (QED) is 0.0296. The summed E-state index contributed by atoms with van der Waals surface area (Å²) < 4.78 is 27.6. The maximum atomic E-state index is 12.8. The second kappa shape index (κ2) is 25.4. The van der Waals surface area contributed by atoms with E-state index in [-0.39, 0.29) is 29.9 Å². The minimum atomic E-state index is -0.198. The Hall–Kier alpha value is -4.51. The van der Waals surface area contributed by atoms with Crippen molar-refractivity contribution < 1.29 is 38.1 Å². The number of nitrogens with one attached hydrogen (secondary N) is 6. The molecule has 6 N–H and O–H groups in total. The van der Waals surface area contributed by atoms with Gasteiger partial charge in [-0.05, 0) is 54.7 Å². The first-order valence-corrected chi connectivity index (χ1v) is 23.0. The molecular weight excluding hydrogens is 799 g/mol. The number of hydrogen-bond donors (Lipinski definition) is 6. The van der Waals surface area contributed by atoms with E-state index in [1.165, 1.54) is 25.7 Å². The van der Waals surface area contributed by atoms with Gasteiger partial charge in [0.25, 0.3) is 5.91 Å². The number of ether oxygens (including phenoxy) is 5. The maximum absolute atomic E-state index is 12.8. The number of fused-ring (bicyclic) bond motifs is 4. The number of aromatic amines is 1. The van der Waals surface area contributed by atoms with E-state index in [4.69, 9.17) is 23.7 Å². The first kappa shape index (κ1) is 47.5. The summed E-state index contributed by atoms with van der Waals surface area (Å²) in [5, 5.41) is 23.1. The average Bonchev–Trinajstić information content (AvgIpc) is 4.04. The van der Waals surface area contributed by atoms with Gasteiger partial charge in [-0.25, -0.2) is 4.79 Å². The number of carbonyl (C=O) groups excluding carboxylic acids is 3. The summed E-state index contributed by atoms with van der Waals surface area (Å²) in [6.07, 6.45) is 9.51. The minimum Gasteiger partial charge on any atom is -0.493 e. The Labute approximate surface area is 365 Å². The molecule has 0 radical (unpaired) electrons. The molecule has 4 unspecified atom stereocenters. The van der Waals surface area contributed by atoms with E-state index in [1.807, 2.05) is 36.0 Å². The van der Waals surface area contributed by atoms with Gasteiger partial charge < -0.3 is 50.3 Å². The molecule has 0 saturated carbocycles. The molecule has 6 rings (SSSR count). The fourth-order valence-electron chi connectivity index (χ4n) is 7.49. The van der Waals surface area contributed by atoms with Crippen molar-refractivity contribution in [2.75, 3.05) is 78.0 Å². The number of amides is 4. The van der Waals surface area contributed by atoms with Crippen LogP contribution in [0.25, 0.3) is 11.3 Å². The Morgan fingerprint density at radius 2 is 1.62 bits per heavy atom. The highest BCUT2D eigenvalue weighted by molar-refractivity contribution is 8.00. The van der Waals surface area contributed by atoms with E-state index in [2.05, 4.69) is 57.6 Å². The van der Waals surface area contributed by atoms with E-state index < -0.39 is 0 Å². The molecule has 2 aliphatic heterocycles. The molecule has 336 valence electrons. The highest BCUT2D eigenvalue weighted by Gasteiger charge is 2.42. The number of unbranched alkanes of at least 4 members (excludes halogenated alkanes) is 2. The third-order valence-corrected chi connectivity index (χ3v) is 12.7. The minimum absolute atomic E-state index is 0.0283. The number of anilines is 2. The van der Waals surface area contributed by atoms with E-state index in [1.54, 1.807) is 26.4 Å². The predicted octanol–water partition coefficient (Wildman–Crippen LogP) is 6.59. The molecule has 0 bridgehead atoms. The Morgan fingerprint density at radius 1 is 0.902 bits per heavy atom. The van der Waals surface area contributed by atoms with Crippen molar-refractivity contribution in [3.8, 4) is 22.8 Å². The maximum Gasteiger partial charge on any atom is 0.315 e. The Balaban J connectivity index is 0.000000800. The number of carbonyl (C=O) groups is 3. The molecule has 15 nitrogen and oxygen atoms in total. The molecule has 61 heavy (non-hydrogen) atoms. The first-order valence-electron chi connectivity index (χ1n) is 21.9. The van der Waals surface area contributed by atoms with Gasteiger partial charge in [0, 0.05) is 59.3 Å². The van der Waals surface area contributed by atoms with Crippen molar-refractivity contribution in [3.05, 3.63) is 53.1 Å². The molecule has 3 aromatic rings. The van der Waals surface area contributed by atoms with Crippen molar-refractivity contribution in [2.24, 2.45) is 5.92 Å². The number of rotatable bonds is 26. The average molecular weight is 866 g/mol. The number of aromatic nitrogens is 2. The second-order valence-corrected chi connectivity index (χ2v) is 16.9. The zero-order valence-corrected chi connectivity index (χ0v) is 37.4. The number of H-pyrrole nitrogens is 1. The van der Waals surface area contributed by atoms with E-state index >= 15 is 0 Å². The zero-order chi connectivity index (χ0) is 43.4. The van der Waals surface area contributed by atoms with Gasteiger partial charge >= 0.3 is 6.03 Å². The molecule has 3 heterocycles. The predicted molar refractivity (Wildman–Crippen MR) is 240 cm³/mol. The highest BCUT2D eigenvalue weighted by atomic mass is 32.2. The van der Waals surface area contributed by atoms with Crippen LogP contribution in [0.5, 0.6) is 11.5 Å². The van der Waals surface area contributed by atoms with Gasteiger partial charge in [-0.2, -0.15) is 16.9 Å². The lowest BCUT2D eigenvalue weighted by atomic mass is 10.0. The summed E-state index contributed by atoms with van der Waals surface area (Å²) in [5.74, 6) is 3.78. The number of hydrogen-bond acceptors (Lipinski definition) is 11. The summed E-state index contributed by atoms with van der Waals surface area (Å²) in [5.41, 5.74) is 5.39. The van der Waals surface area contributed by atoms with Gasteiger partial charge in [-0.3, -0.25) is 14.7 Å². The molecule has 1 aromatic heterocycles. The normalized spacial score (nSPS) is 17.5. The Kier molecular flexibility index (Phi) is 19.8. The van der Waals surface area contributed by atoms with Gasteiger partial charge in [0.1, 0.15) is 0 Å². The van der Waals surface area contributed by atoms with Gasteiger partial charge in [-0.1, -0.05) is 58.9 Å². The van der Waals surface area contributed by atoms with Gasteiger partial charge in [0.2, 0.25) is 5.91 Å². The fraction of sp³-hybridized carbons (Fsp3) is 0.600. The van der Waals surface area contributed by atoms with Crippen LogP contribution >= 0.6 is 11.8 Å². The molecule has 4 atom stereocenters. The van der Waals surface area contributed by atoms with E-state index in [9.17, 15) is 14.4 Å². The van der Waals surface area contributed by atoms with Gasteiger partial charge in [-0.15, -0.1) is 0 Å². The number of methoxy groups -OCH3 is 2. The lowest BCUT2D eigenvalue weighted by Crippen LogP contribution is -2.36. The number of thioether (sulfide) groups is 1. The number of benzene rings is 2. The molecule has 3 aliphatic rings. The topological polar surface area (TPSA) is 186 Å². The Morgan fingerprint density at radius 3 is 2.34 bits per heavy atom. The summed E-state index contributed by atoms with van der Waals surface area (Å²) in [7, 11) is 3.24. The van der Waals surface area contributed by atoms with Crippen LogP contribution in [0.1, 0.15) is 93.6 Å². The van der Waals surface area contributed by atoms with Crippen molar-refractivity contribution in [1.29, 1.82) is 0 Å². The largest absolute Gasteiger partial charge is 0.493 e. The SMILES string of the molecule is CCCCC(C)CC.COc1cc2c(cc1OC)-c1[nH]nc(Nc3cccc(C(=O)NCCOCCOCCOCCNC(=O)CCCCC4SCC5NC(=O)NC54)c3)c1C2. The van der Waals surface area contributed by atoms with Crippen LogP contribution in [0.15, 0.2) is 36.4 Å². The standard InChI is InChI=1S/C37H49N7O8S.C8H18/c1-48-29-20-24-19-27-33(26(24)21-30(29)49-2)43-44-35(27)40-25-7-5-6-23(18-25)36(46)39-11-13-51-15-17-52-16-14-50-12-10-38-32(45)9-4-3-8-31-34-28(22-53-31)41-37(47)42-34;1-4-6-7-8(3)5-2/h5-7,18,20-21,28,31,34H,3-4,8-17,19,22H2,1-2H3,(H,38,45)(H,39,46)(H2,40,43,44)(H2,41,42,47);8H,4-7H2,1-3H3. The van der Waals surface area contributed by atoms with Crippen LogP contribution in [0.2, 0.25) is 0 Å². The number of urea groups is 1. The van der Waals surface area contributed by atoms with Gasteiger partial charge in [0.15, 0.2) is 17.3 Å². The van der Waals surface area contributed by atoms with E-state index in [0.717, 1.165) is 59.0 Å². The lowest BCUT2D eigenvalue weighted by Gasteiger charge is -2.16. The fourth-order valence-corrected chi connectivity index (χ4v) is 9.03. The molecule has 4 amide bonds. The first-order chi connectivity index (χ1) is 29.7. The highest BCUT2D eigenvalue weighted by Crippen LogP contribution is 2.44. The van der Waals surface area contributed by atoms with Crippen molar-refractivity contribution in [3.63, 3.8) is 0 Å². The molecular formula is C45H67N7O8S. The van der Waals surface area contributed by atoms with Crippen LogP contribution in [0, 0.1) is 5.92 Å². The molecule has 1 aliphatic carbocycles. The van der Waals surface area contributed by atoms with Crippen LogP contribution in [-0.4, -0.2) is 118 Å². The van der Waals surface area contributed by atoms with Crippen LogP contribution in [-0.2, 0) is 25.4 Å². The summed E-state index contributed by atoms with van der Waals surface area (Å²) in [6.45, 7) is 10.1. The summed E-state index contributed by atoms with van der Waals surface area (Å²) >= 11 is 1.90. The van der Waals surface area contributed by atoms with Crippen LogP contribution in [0.3, 0.4) is 0 Å². The molecule has 16 heteroatoms. The molecule has 2 saturated heterocycles. The molecule has 0 spiro atoms. The van der Waals surface area contributed by atoms with Gasteiger partial charge in [0.05, 0.1) is 71.6 Å². The van der Waals surface area contributed by atoms with Crippen molar-refractivity contribution in [2.45, 2.75) is 95.9 Å². The van der Waals surface area contributed by atoms with Crippen molar-refractivity contribution >= 4 is 41.1 Å².